The number of halogens is 4. The van der Waals surface area contributed by atoms with Crippen molar-refractivity contribution in [1.82, 2.24) is 0 Å². The van der Waals surface area contributed by atoms with Gasteiger partial charge in [0.15, 0.2) is 18.2 Å². The molecule has 0 unspecified atom stereocenters. The first-order valence-electron chi connectivity index (χ1n) is 10.3. The number of unbranched alkanes of at least 4 members (excludes halogenated alkanes) is 2. The minimum Gasteiger partial charge on any atom is -0.481 e. The van der Waals surface area contributed by atoms with E-state index in [-0.39, 0.29) is 11.1 Å². The van der Waals surface area contributed by atoms with E-state index < -0.39 is 18.6 Å². The average molecular weight is 418 g/mol. The molecule has 5 heteroatoms. The lowest BCUT2D eigenvalue weighted by molar-refractivity contribution is -0.153. The van der Waals surface area contributed by atoms with Crippen LogP contribution in [-0.4, -0.2) is 12.8 Å². The van der Waals surface area contributed by atoms with Crippen LogP contribution in [0.4, 0.5) is 17.6 Å². The zero-order chi connectivity index (χ0) is 21.6. The van der Waals surface area contributed by atoms with Gasteiger partial charge >= 0.3 is 6.18 Å². The van der Waals surface area contributed by atoms with E-state index in [9.17, 15) is 17.6 Å². The molecule has 0 atom stereocenters. The van der Waals surface area contributed by atoms with Crippen LogP contribution in [0.5, 0.6) is 5.75 Å². The van der Waals surface area contributed by atoms with E-state index in [1.165, 1.54) is 36.5 Å². The summed E-state index contributed by atoms with van der Waals surface area (Å²) in [5.41, 5.74) is 3.66. The van der Waals surface area contributed by atoms with Crippen LogP contribution in [0.2, 0.25) is 0 Å². The number of alkyl halides is 3. The van der Waals surface area contributed by atoms with Gasteiger partial charge in [0.1, 0.15) is 0 Å². The van der Waals surface area contributed by atoms with Gasteiger partial charge in [-0.1, -0.05) is 68.3 Å². The number of aryl methyl sites for hydroxylation is 3. The fraction of sp³-hybridized carbons (Fsp3) is 0.360. The summed E-state index contributed by atoms with van der Waals surface area (Å²) >= 11 is 0. The Balaban J connectivity index is 1.63. The van der Waals surface area contributed by atoms with Crippen LogP contribution in [0.25, 0.3) is 10.8 Å². The van der Waals surface area contributed by atoms with Crippen LogP contribution in [-0.2, 0) is 19.3 Å². The SMILES string of the molecule is CCCCCc1ccc(CCc2ccc3c(F)c(OCC(F)(F)F)ccc3c2)cc1. The molecule has 3 rings (SSSR count). The molecule has 0 aliphatic rings. The van der Waals surface area contributed by atoms with Crippen molar-refractivity contribution in [3.8, 4) is 5.75 Å². The van der Waals surface area contributed by atoms with Crippen molar-refractivity contribution in [3.05, 3.63) is 77.1 Å². The van der Waals surface area contributed by atoms with Crippen molar-refractivity contribution in [2.45, 2.75) is 51.6 Å². The van der Waals surface area contributed by atoms with Crippen molar-refractivity contribution >= 4 is 10.8 Å². The van der Waals surface area contributed by atoms with E-state index in [0.717, 1.165) is 24.8 Å². The highest BCUT2D eigenvalue weighted by atomic mass is 19.4. The van der Waals surface area contributed by atoms with Crippen LogP contribution in [0.3, 0.4) is 0 Å². The van der Waals surface area contributed by atoms with Crippen molar-refractivity contribution < 1.29 is 22.3 Å². The summed E-state index contributed by atoms with van der Waals surface area (Å²) in [7, 11) is 0. The first kappa shape index (κ1) is 22.1. The second-order valence-electron chi connectivity index (χ2n) is 7.61. The molecule has 0 bridgehead atoms. The molecule has 1 nitrogen and oxygen atoms in total. The van der Waals surface area contributed by atoms with Gasteiger partial charge in [-0.05, 0) is 53.8 Å². The lowest BCUT2D eigenvalue weighted by atomic mass is 9.99. The van der Waals surface area contributed by atoms with Crippen molar-refractivity contribution in [2.75, 3.05) is 6.61 Å². The van der Waals surface area contributed by atoms with Crippen molar-refractivity contribution in [3.63, 3.8) is 0 Å². The molecule has 0 saturated heterocycles. The summed E-state index contributed by atoms with van der Waals surface area (Å²) in [4.78, 5) is 0. The smallest absolute Gasteiger partial charge is 0.422 e. The highest BCUT2D eigenvalue weighted by molar-refractivity contribution is 5.85. The van der Waals surface area contributed by atoms with E-state index >= 15 is 0 Å². The van der Waals surface area contributed by atoms with E-state index in [2.05, 4.69) is 35.9 Å². The Morgan fingerprint density at radius 1 is 0.767 bits per heavy atom. The van der Waals surface area contributed by atoms with Gasteiger partial charge in [-0.3, -0.25) is 0 Å². The zero-order valence-corrected chi connectivity index (χ0v) is 17.1. The number of hydrogen-bond donors (Lipinski definition) is 0. The third-order valence-corrected chi connectivity index (χ3v) is 5.17. The average Bonchev–Trinajstić information content (AvgIpc) is 2.72. The van der Waals surface area contributed by atoms with E-state index in [1.807, 2.05) is 12.1 Å². The first-order valence-corrected chi connectivity index (χ1v) is 10.3. The molecule has 0 fully saturated rings. The molecular weight excluding hydrogens is 392 g/mol. The van der Waals surface area contributed by atoms with Gasteiger partial charge in [0.25, 0.3) is 0 Å². The maximum atomic E-state index is 14.5. The molecule has 0 aromatic heterocycles. The summed E-state index contributed by atoms with van der Waals surface area (Å²) < 4.78 is 56.0. The maximum Gasteiger partial charge on any atom is 0.422 e. The highest BCUT2D eigenvalue weighted by Gasteiger charge is 2.29. The standard InChI is InChI=1S/C25H26F4O/c1-2-3-4-5-18-6-8-19(9-7-18)10-11-20-12-14-22-21(16-20)13-15-23(24(22)26)30-17-25(27,28)29/h6-9,12-16H,2-5,10-11,17H2,1H3. The third kappa shape index (κ3) is 6.22. The molecule has 3 aromatic rings. The normalized spacial score (nSPS) is 11.8. The lowest BCUT2D eigenvalue weighted by Crippen LogP contribution is -2.19. The summed E-state index contributed by atoms with van der Waals surface area (Å²) in [6, 6.07) is 16.8. The van der Waals surface area contributed by atoms with Gasteiger partial charge in [-0.2, -0.15) is 13.2 Å². The molecular formula is C25H26F4O. The Morgan fingerprint density at radius 3 is 2.07 bits per heavy atom. The largest absolute Gasteiger partial charge is 0.481 e. The molecule has 0 heterocycles. The molecule has 30 heavy (non-hydrogen) atoms. The summed E-state index contributed by atoms with van der Waals surface area (Å²) in [6.07, 6.45) is 1.97. The minimum absolute atomic E-state index is 0.259. The topological polar surface area (TPSA) is 9.23 Å². The molecule has 160 valence electrons. The maximum absolute atomic E-state index is 14.5. The Morgan fingerprint density at radius 2 is 1.40 bits per heavy atom. The number of benzene rings is 3. The molecule has 3 aromatic carbocycles. The Hall–Kier alpha value is -2.56. The number of rotatable bonds is 9. The van der Waals surface area contributed by atoms with Gasteiger partial charge in [-0.15, -0.1) is 0 Å². The second kappa shape index (κ2) is 9.96. The Kier molecular flexibility index (Phi) is 7.35. The number of ether oxygens (including phenoxy) is 1. The van der Waals surface area contributed by atoms with Gasteiger partial charge < -0.3 is 4.74 Å². The van der Waals surface area contributed by atoms with E-state index in [1.54, 1.807) is 12.1 Å². The van der Waals surface area contributed by atoms with Crippen LogP contribution in [0.15, 0.2) is 54.6 Å². The number of hydrogen-bond acceptors (Lipinski definition) is 1. The van der Waals surface area contributed by atoms with Crippen molar-refractivity contribution in [2.24, 2.45) is 0 Å². The number of fused-ring (bicyclic) bond motifs is 1. The Bertz CT molecular complexity index is 961. The summed E-state index contributed by atoms with van der Waals surface area (Å²) in [5, 5.41) is 0.908. The van der Waals surface area contributed by atoms with E-state index in [0.29, 0.717) is 5.39 Å². The van der Waals surface area contributed by atoms with Crippen molar-refractivity contribution in [1.29, 1.82) is 0 Å². The van der Waals surface area contributed by atoms with E-state index in [4.69, 9.17) is 0 Å². The van der Waals surface area contributed by atoms with Gasteiger partial charge in [0.2, 0.25) is 0 Å². The lowest BCUT2D eigenvalue weighted by Gasteiger charge is -2.12. The molecule has 0 aliphatic heterocycles. The molecule has 0 saturated carbocycles. The fourth-order valence-corrected chi connectivity index (χ4v) is 3.49. The first-order chi connectivity index (χ1) is 14.4. The quantitative estimate of drug-likeness (QED) is 0.259. The molecule has 0 aliphatic carbocycles. The van der Waals surface area contributed by atoms with Crippen LogP contribution in [0.1, 0.15) is 42.9 Å². The summed E-state index contributed by atoms with van der Waals surface area (Å²) in [5.74, 6) is -1.14. The van der Waals surface area contributed by atoms with Crippen LogP contribution < -0.4 is 4.74 Å². The van der Waals surface area contributed by atoms with Crippen LogP contribution >= 0.6 is 0 Å². The monoisotopic (exact) mass is 418 g/mol. The fourth-order valence-electron chi connectivity index (χ4n) is 3.49. The zero-order valence-electron chi connectivity index (χ0n) is 17.1. The van der Waals surface area contributed by atoms with Gasteiger partial charge in [-0.25, -0.2) is 4.39 Å². The molecule has 0 N–H and O–H groups in total. The minimum atomic E-state index is -4.50. The Labute approximate surface area is 174 Å². The third-order valence-electron chi connectivity index (χ3n) is 5.17. The predicted octanol–water partition coefficient (Wildman–Crippen LogP) is 7.44. The summed E-state index contributed by atoms with van der Waals surface area (Å²) in [6.45, 7) is 0.690. The molecule has 0 amide bonds. The molecule has 0 radical (unpaired) electrons. The predicted molar refractivity (Wildman–Crippen MR) is 113 cm³/mol. The van der Waals surface area contributed by atoms with Gasteiger partial charge in [0, 0.05) is 5.39 Å². The molecule has 0 spiro atoms. The van der Waals surface area contributed by atoms with Crippen LogP contribution in [0, 0.1) is 5.82 Å². The van der Waals surface area contributed by atoms with Gasteiger partial charge in [0.05, 0.1) is 0 Å². The highest BCUT2D eigenvalue weighted by Crippen LogP contribution is 2.29. The second-order valence-corrected chi connectivity index (χ2v) is 7.61.